The molecule has 0 amide bonds. The van der Waals surface area contributed by atoms with Crippen molar-refractivity contribution in [2.24, 2.45) is 0 Å². The third-order valence-corrected chi connectivity index (χ3v) is 4.06. The fraction of sp³-hybridized carbons (Fsp3) is 0.500. The molecule has 1 N–H and O–H groups in total. The van der Waals surface area contributed by atoms with E-state index in [1.165, 1.54) is 28.9 Å². The largest absolute Gasteiger partial charge is 0.468 e. The number of methoxy groups -OCH3 is 2. The smallest absolute Gasteiger partial charge is 0.273 e. The Hall–Kier alpha value is -1.59. The maximum Gasteiger partial charge on any atom is 0.273 e. The Morgan fingerprint density at radius 3 is 2.04 bits per heavy atom. The predicted molar refractivity (Wildman–Crippen MR) is 90.3 cm³/mol. The van der Waals surface area contributed by atoms with Crippen LogP contribution < -0.4 is 9.47 Å². The maximum atomic E-state index is 10.2. The number of aldehydes is 1. The van der Waals surface area contributed by atoms with E-state index in [0.717, 1.165) is 11.2 Å². The molecule has 0 aliphatic heterocycles. The average Bonchev–Trinajstić information content (AvgIpc) is 3.25. The van der Waals surface area contributed by atoms with Crippen molar-refractivity contribution in [3.05, 3.63) is 22.1 Å². The first-order chi connectivity index (χ1) is 11.7. The van der Waals surface area contributed by atoms with Crippen LogP contribution in [0.1, 0.15) is 14.5 Å². The SMILES string of the molecule is COCCOc1ncc(C=O)s1.COCCOc1ncc(CO)s1. The number of ether oxygens (including phenoxy) is 4. The van der Waals surface area contributed by atoms with Crippen LogP contribution in [-0.2, 0) is 16.1 Å². The van der Waals surface area contributed by atoms with Crippen LogP contribution in [0.15, 0.2) is 12.4 Å². The normalized spacial score (nSPS) is 9.96. The van der Waals surface area contributed by atoms with E-state index in [9.17, 15) is 4.79 Å². The highest BCUT2D eigenvalue weighted by atomic mass is 32.1. The van der Waals surface area contributed by atoms with E-state index in [4.69, 9.17) is 24.1 Å². The number of carbonyl (C=O) groups excluding carboxylic acids is 1. The highest BCUT2D eigenvalue weighted by Gasteiger charge is 2.01. The number of thiazole rings is 2. The molecule has 0 saturated heterocycles. The Kier molecular flexibility index (Phi) is 10.9. The zero-order chi connectivity index (χ0) is 17.6. The molecule has 0 fully saturated rings. The second kappa shape index (κ2) is 12.8. The first-order valence-electron chi connectivity index (χ1n) is 6.93. The van der Waals surface area contributed by atoms with E-state index in [2.05, 4.69) is 9.97 Å². The van der Waals surface area contributed by atoms with Crippen molar-refractivity contribution in [3.8, 4) is 10.4 Å². The number of hydrogen-bond donors (Lipinski definition) is 1. The lowest BCUT2D eigenvalue weighted by molar-refractivity contribution is 0.112. The van der Waals surface area contributed by atoms with Crippen LogP contribution >= 0.6 is 22.7 Å². The van der Waals surface area contributed by atoms with Crippen LogP contribution in [-0.4, -0.2) is 62.0 Å². The molecule has 2 aromatic heterocycles. The molecule has 0 spiro atoms. The van der Waals surface area contributed by atoms with Gasteiger partial charge in [0.25, 0.3) is 10.4 Å². The van der Waals surface area contributed by atoms with Gasteiger partial charge in [0, 0.05) is 20.4 Å². The fourth-order valence-electron chi connectivity index (χ4n) is 1.25. The van der Waals surface area contributed by atoms with Gasteiger partial charge in [-0.05, 0) is 0 Å². The molecule has 2 aromatic rings. The van der Waals surface area contributed by atoms with Gasteiger partial charge in [0.1, 0.15) is 13.2 Å². The minimum atomic E-state index is 0.0192. The summed E-state index contributed by atoms with van der Waals surface area (Å²) in [6.07, 6.45) is 3.84. The number of aliphatic hydroxyl groups is 1. The molecule has 0 saturated carbocycles. The highest BCUT2D eigenvalue weighted by Crippen LogP contribution is 2.20. The third kappa shape index (κ3) is 8.31. The molecular weight excluding hydrogens is 356 g/mol. The van der Waals surface area contributed by atoms with Crippen LogP contribution in [0.2, 0.25) is 0 Å². The van der Waals surface area contributed by atoms with Gasteiger partial charge in [0.2, 0.25) is 0 Å². The molecule has 10 heteroatoms. The summed E-state index contributed by atoms with van der Waals surface area (Å²) in [5, 5.41) is 9.80. The lowest BCUT2D eigenvalue weighted by atomic mass is 10.6. The van der Waals surface area contributed by atoms with Gasteiger partial charge < -0.3 is 24.1 Å². The van der Waals surface area contributed by atoms with Gasteiger partial charge in [-0.15, -0.1) is 0 Å². The van der Waals surface area contributed by atoms with E-state index in [1.54, 1.807) is 20.4 Å². The van der Waals surface area contributed by atoms with Crippen molar-refractivity contribution in [2.45, 2.75) is 6.61 Å². The molecule has 2 rings (SSSR count). The zero-order valence-electron chi connectivity index (χ0n) is 13.5. The summed E-state index contributed by atoms with van der Waals surface area (Å²) in [7, 11) is 3.21. The summed E-state index contributed by atoms with van der Waals surface area (Å²) in [5.74, 6) is 0. The molecule has 134 valence electrons. The summed E-state index contributed by atoms with van der Waals surface area (Å²) >= 11 is 2.57. The van der Waals surface area contributed by atoms with Gasteiger partial charge in [0.15, 0.2) is 6.29 Å². The Labute approximate surface area is 148 Å². The molecule has 0 unspecified atom stereocenters. The second-order valence-corrected chi connectivity index (χ2v) is 6.18. The van der Waals surface area contributed by atoms with Crippen molar-refractivity contribution < 1.29 is 28.8 Å². The Bertz CT molecular complexity index is 575. The second-order valence-electron chi connectivity index (χ2n) is 4.08. The first-order valence-corrected chi connectivity index (χ1v) is 8.56. The van der Waals surface area contributed by atoms with Crippen molar-refractivity contribution >= 4 is 29.0 Å². The molecule has 0 radical (unpaired) electrons. The van der Waals surface area contributed by atoms with Gasteiger partial charge in [-0.3, -0.25) is 4.79 Å². The topological polar surface area (TPSA) is 100 Å². The van der Waals surface area contributed by atoms with Crippen molar-refractivity contribution in [3.63, 3.8) is 0 Å². The van der Waals surface area contributed by atoms with Gasteiger partial charge in [-0.1, -0.05) is 22.7 Å². The van der Waals surface area contributed by atoms with Crippen LogP contribution in [0, 0.1) is 0 Å². The lowest BCUT2D eigenvalue weighted by Crippen LogP contribution is -2.03. The number of rotatable bonds is 10. The number of aliphatic hydroxyl groups excluding tert-OH is 1. The van der Waals surface area contributed by atoms with E-state index in [0.29, 0.717) is 41.7 Å². The molecule has 0 aliphatic carbocycles. The summed E-state index contributed by atoms with van der Waals surface area (Å²) in [4.78, 5) is 19.4. The quantitative estimate of drug-likeness (QED) is 0.493. The first kappa shape index (κ1) is 20.5. The van der Waals surface area contributed by atoms with E-state index >= 15 is 0 Å². The number of hydrogen-bond acceptors (Lipinski definition) is 10. The van der Waals surface area contributed by atoms with Crippen LogP contribution in [0.3, 0.4) is 0 Å². The van der Waals surface area contributed by atoms with Crippen LogP contribution in [0.4, 0.5) is 0 Å². The molecule has 8 nitrogen and oxygen atoms in total. The molecule has 2 heterocycles. The van der Waals surface area contributed by atoms with Crippen LogP contribution in [0.5, 0.6) is 10.4 Å². The monoisotopic (exact) mass is 376 g/mol. The van der Waals surface area contributed by atoms with Crippen LogP contribution in [0.25, 0.3) is 0 Å². The summed E-state index contributed by atoms with van der Waals surface area (Å²) in [6, 6.07) is 0. The summed E-state index contributed by atoms with van der Waals surface area (Å²) in [6.45, 7) is 2.05. The number of nitrogens with zero attached hydrogens (tertiary/aromatic N) is 2. The van der Waals surface area contributed by atoms with E-state index in [-0.39, 0.29) is 6.61 Å². The van der Waals surface area contributed by atoms with Crippen molar-refractivity contribution in [2.75, 3.05) is 40.6 Å². The van der Waals surface area contributed by atoms with Crippen molar-refractivity contribution in [1.29, 1.82) is 0 Å². The van der Waals surface area contributed by atoms with Gasteiger partial charge >= 0.3 is 0 Å². The Morgan fingerprint density at radius 1 is 1.00 bits per heavy atom. The van der Waals surface area contributed by atoms with Gasteiger partial charge in [-0.2, -0.15) is 0 Å². The Morgan fingerprint density at radius 2 is 1.58 bits per heavy atom. The number of aromatic nitrogens is 2. The standard InChI is InChI=1S/C7H11NO3S.C7H9NO3S/c2*1-10-2-3-11-7-8-4-6(5-9)12-7/h4,9H,2-3,5H2,1H3;4-5H,2-3H2,1H3. The van der Waals surface area contributed by atoms with Crippen molar-refractivity contribution in [1.82, 2.24) is 9.97 Å². The molecule has 24 heavy (non-hydrogen) atoms. The van der Waals surface area contributed by atoms with E-state index < -0.39 is 0 Å². The molecule has 0 aromatic carbocycles. The lowest BCUT2D eigenvalue weighted by Gasteiger charge is -1.98. The summed E-state index contributed by atoms with van der Waals surface area (Å²) in [5.41, 5.74) is 0. The molecule has 0 aliphatic rings. The fourth-order valence-corrected chi connectivity index (χ4v) is 2.49. The molecule has 0 bridgehead atoms. The molecular formula is C14H20N2O6S2. The minimum absolute atomic E-state index is 0.0192. The van der Waals surface area contributed by atoms with E-state index in [1.807, 2.05) is 0 Å². The summed E-state index contributed by atoms with van der Waals surface area (Å²) < 4.78 is 19.9. The maximum absolute atomic E-state index is 10.2. The third-order valence-electron chi connectivity index (χ3n) is 2.33. The predicted octanol–water partition coefficient (Wildman–Crippen LogP) is 1.64. The molecule has 0 atom stereocenters. The minimum Gasteiger partial charge on any atom is -0.468 e. The Balaban J connectivity index is 0.000000240. The number of carbonyl (C=O) groups is 1. The highest BCUT2D eigenvalue weighted by molar-refractivity contribution is 7.15. The zero-order valence-corrected chi connectivity index (χ0v) is 15.1. The average molecular weight is 376 g/mol. The van der Waals surface area contributed by atoms with Gasteiger partial charge in [-0.25, -0.2) is 9.97 Å². The van der Waals surface area contributed by atoms with Gasteiger partial charge in [0.05, 0.1) is 35.8 Å².